The van der Waals surface area contributed by atoms with Crippen LogP contribution in [0.1, 0.15) is 31.8 Å². The Hall–Kier alpha value is -3.81. The lowest BCUT2D eigenvalue weighted by Gasteiger charge is -2.37. The Balaban J connectivity index is 1.68. The van der Waals surface area contributed by atoms with E-state index in [4.69, 9.17) is 0 Å². The average molecular weight is 476 g/mol. The van der Waals surface area contributed by atoms with Gasteiger partial charge in [-0.25, -0.2) is 9.97 Å². The maximum absolute atomic E-state index is 13.5. The monoisotopic (exact) mass is 475 g/mol. The summed E-state index contributed by atoms with van der Waals surface area (Å²) >= 11 is 2.57. The predicted molar refractivity (Wildman–Crippen MR) is 126 cm³/mol. The third-order valence-electron chi connectivity index (χ3n) is 5.36. The van der Waals surface area contributed by atoms with Crippen LogP contribution in [0.25, 0.3) is 11.1 Å². The lowest BCUT2D eigenvalue weighted by atomic mass is 10.1. The van der Waals surface area contributed by atoms with Crippen molar-refractivity contribution < 1.29 is 14.7 Å². The summed E-state index contributed by atoms with van der Waals surface area (Å²) < 4.78 is 0. The van der Waals surface area contributed by atoms with E-state index in [0.29, 0.717) is 32.7 Å². The number of nitrogens with zero attached hydrogens (tertiary/aromatic N) is 5. The van der Waals surface area contributed by atoms with Gasteiger partial charge in [-0.3, -0.25) is 14.5 Å². The molecule has 2 aliphatic heterocycles. The summed E-state index contributed by atoms with van der Waals surface area (Å²) in [5, 5.41) is 25.1. The van der Waals surface area contributed by atoms with Gasteiger partial charge in [-0.1, -0.05) is 12.1 Å². The Bertz CT molecular complexity index is 1430. The number of nitriles is 1. The summed E-state index contributed by atoms with van der Waals surface area (Å²) in [4.78, 5) is 38.5. The number of ketones is 1. The highest BCUT2D eigenvalue weighted by Gasteiger charge is 2.44. The summed E-state index contributed by atoms with van der Waals surface area (Å²) in [7, 11) is 0. The second-order valence-corrected chi connectivity index (χ2v) is 9.35. The largest absolute Gasteiger partial charge is 0.509 e. The van der Waals surface area contributed by atoms with Crippen molar-refractivity contribution in [2.24, 2.45) is 0 Å². The molecule has 8 nitrogen and oxygen atoms in total. The van der Waals surface area contributed by atoms with Gasteiger partial charge in [0.05, 0.1) is 29.9 Å². The van der Waals surface area contributed by atoms with Crippen LogP contribution in [0.4, 0.5) is 5.69 Å². The molecule has 10 heteroatoms. The van der Waals surface area contributed by atoms with Crippen molar-refractivity contribution in [3.8, 4) is 6.07 Å². The number of anilines is 1. The predicted octanol–water partition coefficient (Wildman–Crippen LogP) is 3.92. The molecule has 5 rings (SSSR count). The Morgan fingerprint density at radius 3 is 2.55 bits per heavy atom. The van der Waals surface area contributed by atoms with Gasteiger partial charge in [0.2, 0.25) is 0 Å². The lowest BCUT2D eigenvalue weighted by molar-refractivity contribution is -0.112. The number of para-hydroxylation sites is 1. The second-order valence-electron chi connectivity index (χ2n) is 7.64. The van der Waals surface area contributed by atoms with E-state index < -0.39 is 0 Å². The Kier molecular flexibility index (Phi) is 5.08. The van der Waals surface area contributed by atoms with Crippen molar-refractivity contribution in [2.45, 2.75) is 13.8 Å². The van der Waals surface area contributed by atoms with Gasteiger partial charge >= 0.3 is 0 Å². The molecule has 3 aromatic rings. The normalized spacial score (nSPS) is 16.0. The summed E-state index contributed by atoms with van der Waals surface area (Å²) in [6, 6.07) is 9.05. The summed E-state index contributed by atoms with van der Waals surface area (Å²) in [5.41, 5.74) is 2.90. The van der Waals surface area contributed by atoms with Crippen molar-refractivity contribution in [1.29, 1.82) is 5.26 Å². The molecule has 0 spiro atoms. The van der Waals surface area contributed by atoms with Crippen LogP contribution < -0.4 is 4.90 Å². The molecule has 164 valence electrons. The van der Waals surface area contributed by atoms with Crippen LogP contribution in [-0.4, -0.2) is 44.8 Å². The van der Waals surface area contributed by atoms with E-state index in [9.17, 15) is 20.0 Å². The molecule has 33 heavy (non-hydrogen) atoms. The van der Waals surface area contributed by atoms with Crippen molar-refractivity contribution in [3.63, 3.8) is 0 Å². The summed E-state index contributed by atoms with van der Waals surface area (Å²) in [6.45, 7) is 3.42. The van der Waals surface area contributed by atoms with E-state index in [1.54, 1.807) is 35.4 Å². The Morgan fingerprint density at radius 1 is 1.15 bits per heavy atom. The maximum Gasteiger partial charge on any atom is 0.261 e. The van der Waals surface area contributed by atoms with Crippen LogP contribution >= 0.6 is 22.7 Å². The number of aromatic nitrogens is 2. The minimum absolute atomic E-state index is 0.00266. The number of Topliss-reactive ketones (excluding diaryl/α,β-unsaturated/α-hetero) is 1. The van der Waals surface area contributed by atoms with E-state index in [0.717, 1.165) is 11.4 Å². The molecule has 0 aliphatic carbocycles. The zero-order valence-corrected chi connectivity index (χ0v) is 19.3. The molecule has 0 unspecified atom stereocenters. The molecule has 0 saturated heterocycles. The van der Waals surface area contributed by atoms with E-state index >= 15 is 0 Å². The number of hydrogen-bond acceptors (Lipinski definition) is 9. The molecular formula is C23H17N5O3S2. The van der Waals surface area contributed by atoms with Crippen molar-refractivity contribution >= 4 is 51.2 Å². The molecule has 1 aromatic carbocycles. The molecule has 0 radical (unpaired) electrons. The van der Waals surface area contributed by atoms with Gasteiger partial charge in [-0.05, 0) is 26.0 Å². The number of carbonyl (C=O) groups is 2. The number of hydrogen-bond donors (Lipinski definition) is 1. The summed E-state index contributed by atoms with van der Waals surface area (Å²) in [6.07, 6.45) is 0. The van der Waals surface area contributed by atoms with Crippen molar-refractivity contribution in [1.82, 2.24) is 14.9 Å². The zero-order valence-electron chi connectivity index (χ0n) is 17.7. The fraction of sp³-hybridized carbons (Fsp3) is 0.174. The first-order valence-electron chi connectivity index (χ1n) is 10.0. The zero-order chi connectivity index (χ0) is 23.3. The van der Waals surface area contributed by atoms with E-state index in [1.165, 1.54) is 27.6 Å². The molecule has 0 atom stereocenters. The Morgan fingerprint density at radius 2 is 1.88 bits per heavy atom. The van der Waals surface area contributed by atoms with Gasteiger partial charge in [0.15, 0.2) is 5.78 Å². The number of aliphatic hydroxyl groups excluding tert-OH is 1. The van der Waals surface area contributed by atoms with Crippen LogP contribution in [0.5, 0.6) is 0 Å². The molecule has 2 aliphatic rings. The third kappa shape index (κ3) is 3.42. The summed E-state index contributed by atoms with van der Waals surface area (Å²) in [5.74, 6) is -0.442. The second kappa shape index (κ2) is 7.95. The minimum atomic E-state index is -0.364. The molecule has 2 aromatic heterocycles. The molecule has 4 heterocycles. The molecule has 1 N–H and O–H groups in total. The molecular weight excluding hydrogens is 458 g/mol. The van der Waals surface area contributed by atoms with E-state index in [-0.39, 0.29) is 36.1 Å². The Labute approximate surface area is 197 Å². The first kappa shape index (κ1) is 21.1. The number of fused-ring (bicyclic) bond motifs is 3. The fourth-order valence-electron chi connectivity index (χ4n) is 3.93. The van der Waals surface area contributed by atoms with Crippen LogP contribution in [0.15, 0.2) is 46.6 Å². The molecule has 1 amide bonds. The van der Waals surface area contributed by atoms with Gasteiger partial charge in [-0.2, -0.15) is 5.26 Å². The number of benzene rings is 1. The van der Waals surface area contributed by atoms with Crippen molar-refractivity contribution in [2.75, 3.05) is 18.0 Å². The standard InChI is InChI=1S/C23H17N5O3S2/c1-12-10-32-20(25-12)15(7-24)17(29)8-28-22-19(21-26-13(2)11-33-21)18(30)9-27(22)16-6-4-3-5-14(16)23(28)31/h3-6,10-11,29H,8-9H2,1-2H3. The highest BCUT2D eigenvalue weighted by molar-refractivity contribution is 7.11. The number of carbonyl (C=O) groups excluding carboxylic acids is 2. The van der Waals surface area contributed by atoms with Gasteiger partial charge in [0.25, 0.3) is 5.91 Å². The van der Waals surface area contributed by atoms with Crippen LogP contribution in [0.3, 0.4) is 0 Å². The average Bonchev–Trinajstić information content (AvgIpc) is 3.50. The highest BCUT2D eigenvalue weighted by atomic mass is 32.1. The van der Waals surface area contributed by atoms with Gasteiger partial charge in [0.1, 0.15) is 33.2 Å². The number of aliphatic hydroxyl groups is 1. The third-order valence-corrected chi connectivity index (χ3v) is 7.32. The number of aryl methyl sites for hydroxylation is 2. The topological polar surface area (TPSA) is 110 Å². The van der Waals surface area contributed by atoms with Crippen molar-refractivity contribution in [3.05, 3.63) is 73.6 Å². The maximum atomic E-state index is 13.5. The first-order valence-corrected chi connectivity index (χ1v) is 11.8. The number of rotatable bonds is 4. The number of amides is 1. The van der Waals surface area contributed by atoms with Gasteiger partial charge in [0, 0.05) is 22.1 Å². The highest BCUT2D eigenvalue weighted by Crippen LogP contribution is 2.42. The molecule has 0 saturated carbocycles. The smallest absolute Gasteiger partial charge is 0.261 e. The lowest BCUT2D eigenvalue weighted by Crippen LogP contribution is -2.44. The SMILES string of the molecule is Cc1csc(C(C#N)=C(O)CN2C(=O)c3ccccc3N3CC(=O)C(c4nc(C)cs4)=C23)n1. The quantitative estimate of drug-likeness (QED) is 0.450. The first-order chi connectivity index (χ1) is 15.9. The van der Waals surface area contributed by atoms with E-state index in [1.807, 2.05) is 24.4 Å². The van der Waals surface area contributed by atoms with Crippen LogP contribution in [-0.2, 0) is 4.79 Å². The number of thiazole rings is 2. The van der Waals surface area contributed by atoms with Crippen LogP contribution in [0, 0.1) is 25.2 Å². The molecule has 0 fully saturated rings. The number of allylic oxidation sites excluding steroid dienone is 1. The minimum Gasteiger partial charge on any atom is -0.509 e. The van der Waals surface area contributed by atoms with Crippen LogP contribution in [0.2, 0.25) is 0 Å². The van der Waals surface area contributed by atoms with E-state index in [2.05, 4.69) is 9.97 Å². The fourth-order valence-corrected chi connectivity index (χ4v) is 5.60. The molecule has 0 bridgehead atoms. The van der Waals surface area contributed by atoms with Gasteiger partial charge < -0.3 is 10.0 Å². The van der Waals surface area contributed by atoms with Gasteiger partial charge in [-0.15, -0.1) is 22.7 Å².